The van der Waals surface area contributed by atoms with E-state index in [-0.39, 0.29) is 11.9 Å². The number of nitrogens with two attached hydrogens (primary N) is 1. The van der Waals surface area contributed by atoms with Gasteiger partial charge < -0.3 is 15.7 Å². The van der Waals surface area contributed by atoms with Crippen molar-refractivity contribution in [3.8, 4) is 5.88 Å². The Kier molecular flexibility index (Phi) is 3.76. The first kappa shape index (κ1) is 12.4. The van der Waals surface area contributed by atoms with Crippen molar-refractivity contribution in [2.45, 2.75) is 33.3 Å². The molecule has 0 radical (unpaired) electrons. The molecule has 1 rings (SSSR count). The maximum atomic E-state index is 8.71. The molecule has 0 amide bonds. The van der Waals surface area contributed by atoms with Crippen molar-refractivity contribution < 1.29 is 9.94 Å². The topological polar surface area (TPSA) is 85.7 Å². The van der Waals surface area contributed by atoms with Crippen molar-refractivity contribution >= 4 is 5.84 Å². The van der Waals surface area contributed by atoms with Crippen LogP contribution in [-0.2, 0) is 7.05 Å². The highest BCUT2D eigenvalue weighted by Crippen LogP contribution is 2.22. The summed E-state index contributed by atoms with van der Waals surface area (Å²) >= 11 is 0. The van der Waals surface area contributed by atoms with Gasteiger partial charge in [0, 0.05) is 7.05 Å². The zero-order valence-corrected chi connectivity index (χ0v) is 10.1. The minimum atomic E-state index is 0.0175. The largest absolute Gasteiger partial charge is 0.474 e. The molecular weight excluding hydrogens is 208 g/mol. The van der Waals surface area contributed by atoms with Gasteiger partial charge in [-0.2, -0.15) is 5.10 Å². The highest BCUT2D eigenvalue weighted by Gasteiger charge is 2.19. The second-order valence-electron chi connectivity index (χ2n) is 3.71. The van der Waals surface area contributed by atoms with E-state index in [9.17, 15) is 0 Å². The predicted molar refractivity (Wildman–Crippen MR) is 60.8 cm³/mol. The smallest absolute Gasteiger partial charge is 0.223 e. The molecule has 1 aromatic rings. The van der Waals surface area contributed by atoms with Crippen molar-refractivity contribution in [2.75, 3.05) is 0 Å². The number of oxime groups is 1. The molecule has 1 unspecified atom stereocenters. The molecule has 1 aromatic heterocycles. The normalized spacial score (nSPS) is 13.9. The van der Waals surface area contributed by atoms with E-state index in [1.54, 1.807) is 18.7 Å². The van der Waals surface area contributed by atoms with Gasteiger partial charge in [-0.05, 0) is 20.3 Å². The third-order valence-electron chi connectivity index (χ3n) is 2.42. The summed E-state index contributed by atoms with van der Waals surface area (Å²) in [5.74, 6) is 0.547. The average molecular weight is 226 g/mol. The van der Waals surface area contributed by atoms with Crippen LogP contribution in [0.4, 0.5) is 0 Å². The summed E-state index contributed by atoms with van der Waals surface area (Å²) in [6.07, 6.45) is 0.930. The molecule has 6 nitrogen and oxygen atoms in total. The van der Waals surface area contributed by atoms with Gasteiger partial charge in [0.2, 0.25) is 5.88 Å². The number of aromatic nitrogens is 2. The molecule has 0 aliphatic carbocycles. The van der Waals surface area contributed by atoms with Crippen molar-refractivity contribution in [3.63, 3.8) is 0 Å². The Hall–Kier alpha value is -1.72. The minimum absolute atomic E-state index is 0.0175. The summed E-state index contributed by atoms with van der Waals surface area (Å²) in [7, 11) is 1.76. The first-order chi connectivity index (χ1) is 7.51. The summed E-state index contributed by atoms with van der Waals surface area (Å²) < 4.78 is 7.29. The molecule has 0 fully saturated rings. The van der Waals surface area contributed by atoms with Crippen LogP contribution in [0.15, 0.2) is 5.16 Å². The molecule has 3 N–H and O–H groups in total. The Morgan fingerprint density at radius 1 is 1.69 bits per heavy atom. The lowest BCUT2D eigenvalue weighted by Gasteiger charge is -2.13. The Morgan fingerprint density at radius 3 is 2.81 bits per heavy atom. The van der Waals surface area contributed by atoms with Gasteiger partial charge in [0.1, 0.15) is 5.56 Å². The highest BCUT2D eigenvalue weighted by atomic mass is 16.5. The fourth-order valence-electron chi connectivity index (χ4n) is 1.39. The third kappa shape index (κ3) is 2.26. The number of ether oxygens (including phenoxy) is 1. The van der Waals surface area contributed by atoms with Crippen LogP contribution in [0.3, 0.4) is 0 Å². The number of hydrogen-bond donors (Lipinski definition) is 2. The van der Waals surface area contributed by atoms with E-state index < -0.39 is 0 Å². The number of nitrogens with zero attached hydrogens (tertiary/aromatic N) is 3. The van der Waals surface area contributed by atoms with Gasteiger partial charge in [-0.3, -0.25) is 0 Å². The second kappa shape index (κ2) is 4.87. The summed E-state index contributed by atoms with van der Waals surface area (Å²) in [5.41, 5.74) is 6.82. The van der Waals surface area contributed by atoms with Crippen LogP contribution >= 0.6 is 0 Å². The molecule has 0 bridgehead atoms. The molecule has 0 aliphatic heterocycles. The van der Waals surface area contributed by atoms with Gasteiger partial charge in [-0.1, -0.05) is 12.1 Å². The molecule has 1 heterocycles. The van der Waals surface area contributed by atoms with Crippen LogP contribution in [0.2, 0.25) is 0 Å². The molecule has 0 saturated carbocycles. The quantitative estimate of drug-likeness (QED) is 0.347. The predicted octanol–water partition coefficient (Wildman–Crippen LogP) is 1.00. The lowest BCUT2D eigenvalue weighted by molar-refractivity contribution is 0.198. The molecular formula is C10H18N4O2. The third-order valence-corrected chi connectivity index (χ3v) is 2.42. The maximum Gasteiger partial charge on any atom is 0.223 e. The van der Waals surface area contributed by atoms with Crippen LogP contribution in [0.1, 0.15) is 31.5 Å². The zero-order chi connectivity index (χ0) is 12.3. The SMILES string of the molecule is CCC(C)Oc1c(C(N)=NO)c(C)nn1C. The van der Waals surface area contributed by atoms with Gasteiger partial charge in [0.05, 0.1) is 11.8 Å². The summed E-state index contributed by atoms with van der Waals surface area (Å²) in [5, 5.41) is 15.9. The standard InChI is InChI=1S/C10H18N4O2/c1-5-6(2)16-10-8(9(11)13-15)7(3)12-14(10)4/h6,15H,5H2,1-4H3,(H2,11,13). The molecule has 1 atom stereocenters. The molecule has 0 aromatic carbocycles. The van der Waals surface area contributed by atoms with Crippen molar-refractivity contribution in [1.82, 2.24) is 9.78 Å². The summed E-state index contributed by atoms with van der Waals surface area (Å²) in [6.45, 7) is 5.77. The Balaban J connectivity index is 3.16. The number of aryl methyl sites for hydroxylation is 2. The van der Waals surface area contributed by atoms with E-state index in [1.807, 2.05) is 13.8 Å². The average Bonchev–Trinajstić information content (AvgIpc) is 2.53. The van der Waals surface area contributed by atoms with Crippen LogP contribution < -0.4 is 10.5 Å². The first-order valence-electron chi connectivity index (χ1n) is 5.19. The van der Waals surface area contributed by atoms with Gasteiger partial charge in [0.15, 0.2) is 5.84 Å². The molecule has 16 heavy (non-hydrogen) atoms. The van der Waals surface area contributed by atoms with E-state index in [2.05, 4.69) is 10.3 Å². The number of rotatable bonds is 4. The molecule has 0 saturated heterocycles. The monoisotopic (exact) mass is 226 g/mol. The minimum Gasteiger partial charge on any atom is -0.474 e. The Morgan fingerprint density at radius 2 is 2.31 bits per heavy atom. The number of hydrogen-bond acceptors (Lipinski definition) is 4. The fourth-order valence-corrected chi connectivity index (χ4v) is 1.39. The van der Waals surface area contributed by atoms with E-state index in [0.717, 1.165) is 6.42 Å². The van der Waals surface area contributed by atoms with Crippen LogP contribution in [0.5, 0.6) is 5.88 Å². The van der Waals surface area contributed by atoms with Crippen molar-refractivity contribution in [2.24, 2.45) is 17.9 Å². The highest BCUT2D eigenvalue weighted by molar-refractivity contribution is 6.00. The maximum absolute atomic E-state index is 8.71. The molecule has 0 aliphatic rings. The van der Waals surface area contributed by atoms with E-state index >= 15 is 0 Å². The van der Waals surface area contributed by atoms with Crippen molar-refractivity contribution in [3.05, 3.63) is 11.3 Å². The van der Waals surface area contributed by atoms with Crippen molar-refractivity contribution in [1.29, 1.82) is 0 Å². The summed E-state index contributed by atoms with van der Waals surface area (Å²) in [6, 6.07) is 0. The van der Waals surface area contributed by atoms with Crippen LogP contribution in [-0.4, -0.2) is 26.9 Å². The second-order valence-corrected chi connectivity index (χ2v) is 3.71. The van der Waals surface area contributed by atoms with Crippen LogP contribution in [0, 0.1) is 6.92 Å². The Labute approximate surface area is 94.7 Å². The van der Waals surface area contributed by atoms with E-state index in [1.165, 1.54) is 0 Å². The molecule has 90 valence electrons. The van der Waals surface area contributed by atoms with Gasteiger partial charge in [-0.25, -0.2) is 4.68 Å². The van der Waals surface area contributed by atoms with Gasteiger partial charge >= 0.3 is 0 Å². The number of amidine groups is 1. The lowest BCUT2D eigenvalue weighted by atomic mass is 10.2. The Bertz CT molecular complexity index is 398. The van der Waals surface area contributed by atoms with Crippen LogP contribution in [0.25, 0.3) is 0 Å². The van der Waals surface area contributed by atoms with Gasteiger partial charge in [-0.15, -0.1) is 0 Å². The lowest BCUT2D eigenvalue weighted by Crippen LogP contribution is -2.18. The fraction of sp³-hybridized carbons (Fsp3) is 0.600. The summed E-state index contributed by atoms with van der Waals surface area (Å²) in [4.78, 5) is 0. The zero-order valence-electron chi connectivity index (χ0n) is 10.1. The van der Waals surface area contributed by atoms with E-state index in [4.69, 9.17) is 15.7 Å². The van der Waals surface area contributed by atoms with E-state index in [0.29, 0.717) is 17.1 Å². The van der Waals surface area contributed by atoms with Gasteiger partial charge in [0.25, 0.3) is 0 Å². The first-order valence-corrected chi connectivity index (χ1v) is 5.19. The molecule has 0 spiro atoms. The molecule has 6 heteroatoms.